The third-order valence-corrected chi connectivity index (χ3v) is 12.6. The molecule has 3 aliphatic rings. The number of hydrogen-bond donors (Lipinski definition) is 4. The fourth-order valence-corrected chi connectivity index (χ4v) is 9.08. The lowest BCUT2D eigenvalue weighted by Crippen LogP contribution is -2.64. The summed E-state index contributed by atoms with van der Waals surface area (Å²) in [4.78, 5) is 93.1. The monoisotopic (exact) mass is 940 g/mol. The van der Waals surface area contributed by atoms with E-state index in [2.05, 4.69) is 17.6 Å². The van der Waals surface area contributed by atoms with E-state index in [9.17, 15) is 43.8 Å². The molecule has 1 aliphatic heterocycles. The number of benzene rings is 1. The zero-order chi connectivity index (χ0) is 50.2. The molecule has 17 heteroatoms. The standard InChI is InChI=1S/C50H72N2O15/c1-13-15-16-17-18-19-36(54)63-41-39-38(30(6)40(41)64-44(57)29(5)14-2)42-50(61,49(12,60)45(58)65-42)35(27-48(39,11)66-31(7)53)62-37(55)25-22-32-20-23-33(24-21-32)51-43(56)34(26-28(3)4)52-46(59)67-47(8,9)10/h14,20-21,23-24,28,34-35,39-42,60-61H,13,15-19,22,25-27H2,1-12H3,(H,51,56)(H,52,59)/b29-14-/t34-,35-,39+,40-,41-,42-,48-,49+,50+/m0/s1. The second-order valence-corrected chi connectivity index (χ2v) is 19.8. The molecular formula is C50H72N2O15. The van der Waals surface area contributed by atoms with Crippen LogP contribution in [0, 0.1) is 11.8 Å². The Bertz CT molecular complexity index is 2070. The van der Waals surface area contributed by atoms with E-state index in [0.717, 1.165) is 39.5 Å². The molecule has 17 nitrogen and oxygen atoms in total. The number of esters is 5. The number of unbranched alkanes of at least 4 members (excludes halogenated alkanes) is 4. The van der Waals surface area contributed by atoms with Crippen molar-refractivity contribution in [3.8, 4) is 0 Å². The molecule has 1 saturated heterocycles. The Morgan fingerprint density at radius 1 is 0.925 bits per heavy atom. The van der Waals surface area contributed by atoms with Gasteiger partial charge in [-0.2, -0.15) is 0 Å². The van der Waals surface area contributed by atoms with E-state index < -0.39 is 107 Å². The van der Waals surface area contributed by atoms with Crippen LogP contribution in [0.1, 0.15) is 146 Å². The summed E-state index contributed by atoms with van der Waals surface area (Å²) in [6.45, 7) is 19.5. The van der Waals surface area contributed by atoms with Gasteiger partial charge in [0.15, 0.2) is 29.5 Å². The molecule has 1 aromatic rings. The maximum absolute atomic E-state index is 13.9. The highest BCUT2D eigenvalue weighted by atomic mass is 16.6. The van der Waals surface area contributed by atoms with Crippen molar-refractivity contribution in [2.75, 3.05) is 5.32 Å². The number of carbonyl (C=O) groups excluding carboxylic acids is 7. The molecule has 0 unspecified atom stereocenters. The maximum atomic E-state index is 13.9. The number of aliphatic hydroxyl groups is 2. The van der Waals surface area contributed by atoms with E-state index in [4.69, 9.17) is 28.4 Å². The summed E-state index contributed by atoms with van der Waals surface area (Å²) in [5.41, 5.74) is -6.31. The second kappa shape index (κ2) is 22.2. The zero-order valence-electron chi connectivity index (χ0n) is 41.2. The fourth-order valence-electron chi connectivity index (χ4n) is 9.08. The number of carbonyl (C=O) groups is 7. The number of amides is 2. The topological polar surface area (TPSA) is 239 Å². The van der Waals surface area contributed by atoms with E-state index in [0.29, 0.717) is 24.1 Å². The van der Waals surface area contributed by atoms with Gasteiger partial charge in [-0.3, -0.25) is 19.2 Å². The van der Waals surface area contributed by atoms with E-state index >= 15 is 0 Å². The van der Waals surface area contributed by atoms with Crippen molar-refractivity contribution < 1.29 is 72.2 Å². The van der Waals surface area contributed by atoms with Gasteiger partial charge in [0.25, 0.3) is 0 Å². The number of alkyl carbamates (subject to hydrolysis) is 1. The molecule has 1 heterocycles. The molecule has 4 N–H and O–H groups in total. The SMILES string of the molecule is C/C=C(/C)C(=O)O[C@H]1C(C)=C2[C@H]([C@@H]1OC(=O)CCCCCCC)[C@@](C)(OC(C)=O)C[C@H](OC(=O)CCc1ccc(NC(=O)[C@H](CC(C)C)NC(=O)OC(C)(C)C)cc1)[C@@]1(O)[C@H]2OC(=O)[C@@]1(C)O. The quantitative estimate of drug-likeness (QED) is 0.0374. The van der Waals surface area contributed by atoms with E-state index in [1.165, 1.54) is 6.92 Å². The predicted octanol–water partition coefficient (Wildman–Crippen LogP) is 6.64. The van der Waals surface area contributed by atoms with Crippen molar-refractivity contribution in [2.24, 2.45) is 11.8 Å². The number of hydrogen-bond acceptors (Lipinski definition) is 15. The molecule has 67 heavy (non-hydrogen) atoms. The van der Waals surface area contributed by atoms with Crippen molar-refractivity contribution in [3.05, 3.63) is 52.6 Å². The van der Waals surface area contributed by atoms with Gasteiger partial charge in [0.1, 0.15) is 23.3 Å². The average Bonchev–Trinajstić information content (AvgIpc) is 3.56. The van der Waals surface area contributed by atoms with Gasteiger partial charge < -0.3 is 49.3 Å². The Hall–Kier alpha value is -5.29. The third kappa shape index (κ3) is 13.0. The van der Waals surface area contributed by atoms with Crippen molar-refractivity contribution >= 4 is 47.5 Å². The lowest BCUT2D eigenvalue weighted by Gasteiger charge is -2.41. The Morgan fingerprint density at radius 2 is 1.55 bits per heavy atom. The van der Waals surface area contributed by atoms with Crippen molar-refractivity contribution in [1.82, 2.24) is 5.32 Å². The molecule has 372 valence electrons. The maximum Gasteiger partial charge on any atom is 0.408 e. The second-order valence-electron chi connectivity index (χ2n) is 19.8. The van der Waals surface area contributed by atoms with Gasteiger partial charge in [-0.05, 0) is 109 Å². The van der Waals surface area contributed by atoms with Crippen molar-refractivity contribution in [3.63, 3.8) is 0 Å². The van der Waals surface area contributed by atoms with E-state index in [1.54, 1.807) is 71.9 Å². The molecule has 4 rings (SSSR count). The van der Waals surface area contributed by atoms with Gasteiger partial charge in [0.05, 0.1) is 5.92 Å². The first-order chi connectivity index (χ1) is 31.2. The predicted molar refractivity (Wildman–Crippen MR) is 245 cm³/mol. The number of rotatable bonds is 19. The molecule has 0 bridgehead atoms. The van der Waals surface area contributed by atoms with Gasteiger partial charge in [-0.1, -0.05) is 64.7 Å². The Labute approximate surface area is 394 Å². The molecule has 2 aliphatic carbocycles. The minimum atomic E-state index is -2.70. The van der Waals surface area contributed by atoms with Crippen LogP contribution in [0.15, 0.2) is 47.1 Å². The van der Waals surface area contributed by atoms with Crippen LogP contribution in [0.3, 0.4) is 0 Å². The molecule has 0 spiro atoms. The van der Waals surface area contributed by atoms with Crippen molar-refractivity contribution in [1.29, 1.82) is 0 Å². The zero-order valence-corrected chi connectivity index (χ0v) is 41.2. The molecule has 9 atom stereocenters. The Balaban J connectivity index is 1.64. The Morgan fingerprint density at radius 3 is 2.13 bits per heavy atom. The summed E-state index contributed by atoms with van der Waals surface area (Å²) in [5, 5.41) is 30.1. The summed E-state index contributed by atoms with van der Waals surface area (Å²) in [6.07, 6.45) is -1.40. The summed E-state index contributed by atoms with van der Waals surface area (Å²) >= 11 is 0. The average molecular weight is 941 g/mol. The van der Waals surface area contributed by atoms with Crippen LogP contribution in [0.25, 0.3) is 0 Å². The van der Waals surface area contributed by atoms with Crippen LogP contribution in [-0.2, 0) is 63.6 Å². The highest BCUT2D eigenvalue weighted by Gasteiger charge is 2.76. The number of aryl methyl sites for hydroxylation is 1. The molecule has 1 aromatic carbocycles. The molecule has 2 fully saturated rings. The molecule has 0 aromatic heterocycles. The lowest BCUT2D eigenvalue weighted by atomic mass is 9.75. The van der Waals surface area contributed by atoms with E-state index in [1.807, 2.05) is 13.8 Å². The van der Waals surface area contributed by atoms with Gasteiger partial charge in [-0.15, -0.1) is 0 Å². The molecule has 2 amide bonds. The highest BCUT2D eigenvalue weighted by molar-refractivity contribution is 5.96. The first-order valence-corrected chi connectivity index (χ1v) is 23.4. The van der Waals surface area contributed by atoms with Gasteiger partial charge in [-0.25, -0.2) is 14.4 Å². The number of ether oxygens (including phenoxy) is 6. The fraction of sp³-hybridized carbons (Fsp3) is 0.660. The van der Waals surface area contributed by atoms with Crippen LogP contribution in [0.5, 0.6) is 0 Å². The number of fused-ring (bicyclic) bond motifs is 3. The van der Waals surface area contributed by atoms with Crippen molar-refractivity contribution in [2.45, 2.75) is 200 Å². The summed E-state index contributed by atoms with van der Waals surface area (Å²) in [5.74, 6) is -5.83. The first kappa shape index (κ1) is 54.3. The van der Waals surface area contributed by atoms with Crippen LogP contribution in [0.2, 0.25) is 0 Å². The smallest absolute Gasteiger partial charge is 0.408 e. The molecule has 0 radical (unpaired) electrons. The molecule has 1 saturated carbocycles. The minimum Gasteiger partial charge on any atom is -0.459 e. The van der Waals surface area contributed by atoms with Crippen LogP contribution >= 0.6 is 0 Å². The number of nitrogens with one attached hydrogen (secondary N) is 2. The van der Waals surface area contributed by atoms with Crippen LogP contribution < -0.4 is 10.6 Å². The van der Waals surface area contributed by atoms with Crippen LogP contribution in [0.4, 0.5) is 10.5 Å². The number of allylic oxidation sites excluding steroid dienone is 1. The number of anilines is 1. The normalized spacial score (nSPS) is 27.5. The lowest BCUT2D eigenvalue weighted by molar-refractivity contribution is -0.212. The largest absolute Gasteiger partial charge is 0.459 e. The summed E-state index contributed by atoms with van der Waals surface area (Å²) in [6, 6.07) is 5.77. The summed E-state index contributed by atoms with van der Waals surface area (Å²) in [7, 11) is 0. The Kier molecular flexibility index (Phi) is 18.0. The van der Waals surface area contributed by atoms with Gasteiger partial charge in [0, 0.05) is 37.4 Å². The van der Waals surface area contributed by atoms with Crippen LogP contribution in [-0.4, -0.2) is 105 Å². The van der Waals surface area contributed by atoms with Gasteiger partial charge >= 0.3 is 35.9 Å². The minimum absolute atomic E-state index is 0.0287. The van der Waals surface area contributed by atoms with Gasteiger partial charge in [0.2, 0.25) is 5.91 Å². The van der Waals surface area contributed by atoms with E-state index in [-0.39, 0.29) is 41.9 Å². The molecular weight excluding hydrogens is 869 g/mol. The third-order valence-electron chi connectivity index (χ3n) is 12.6. The first-order valence-electron chi connectivity index (χ1n) is 23.4. The summed E-state index contributed by atoms with van der Waals surface area (Å²) < 4.78 is 35.3. The highest BCUT2D eigenvalue weighted by Crippen LogP contribution is 2.57.